The van der Waals surface area contributed by atoms with Crippen LogP contribution in [0.25, 0.3) is 22.6 Å². The lowest BCUT2D eigenvalue weighted by molar-refractivity contribution is -0.121. The van der Waals surface area contributed by atoms with E-state index in [2.05, 4.69) is 30.5 Å². The molecule has 31 heavy (non-hydrogen) atoms. The Bertz CT molecular complexity index is 1300. The largest absolute Gasteiger partial charge is 0.504 e. The Morgan fingerprint density at radius 3 is 2.94 bits per heavy atom. The number of hydrazone groups is 1. The first-order valence-corrected chi connectivity index (χ1v) is 9.27. The molecule has 0 fully saturated rings. The number of fused-ring (bicyclic) bond motifs is 1. The zero-order chi connectivity index (χ0) is 22.0. The van der Waals surface area contributed by atoms with E-state index >= 15 is 0 Å². The van der Waals surface area contributed by atoms with E-state index in [9.17, 15) is 9.90 Å². The molecule has 2 aromatic heterocycles. The smallest absolute Gasteiger partial charge is 0.260 e. The number of anilines is 1. The number of ether oxygens (including phenoxy) is 1. The highest BCUT2D eigenvalue weighted by Crippen LogP contribution is 2.31. The first-order chi connectivity index (χ1) is 15.0. The molecule has 0 aliphatic carbocycles. The van der Waals surface area contributed by atoms with Gasteiger partial charge in [-0.2, -0.15) is 5.10 Å². The topological polar surface area (TPSA) is 154 Å². The summed E-state index contributed by atoms with van der Waals surface area (Å²) in [6, 6.07) is 10.1. The van der Waals surface area contributed by atoms with Crippen LogP contribution in [0, 0.1) is 0 Å². The number of nitrogens with one attached hydrogen (secondary N) is 1. The number of nitrogen functional groups attached to an aromatic ring is 1. The van der Waals surface area contributed by atoms with Crippen molar-refractivity contribution < 1.29 is 19.3 Å². The molecule has 4 N–H and O–H groups in total. The molecule has 0 radical (unpaired) electrons. The number of imidazole rings is 1. The predicted molar refractivity (Wildman–Crippen MR) is 113 cm³/mol. The molecule has 2 heterocycles. The number of rotatable bonds is 6. The van der Waals surface area contributed by atoms with E-state index in [1.54, 1.807) is 10.6 Å². The summed E-state index contributed by atoms with van der Waals surface area (Å²) in [5, 5.41) is 21.2. The highest BCUT2D eigenvalue weighted by Gasteiger charge is 2.20. The fourth-order valence-electron chi connectivity index (χ4n) is 2.94. The molecule has 0 saturated heterocycles. The maximum absolute atomic E-state index is 12.6. The Labute approximate surface area is 180 Å². The van der Waals surface area contributed by atoms with Crippen LogP contribution in [0.5, 0.6) is 11.5 Å². The second kappa shape index (κ2) is 8.32. The van der Waals surface area contributed by atoms with Crippen molar-refractivity contribution in [3.8, 4) is 23.0 Å². The van der Waals surface area contributed by atoms with Gasteiger partial charge in [0.05, 0.1) is 29.4 Å². The van der Waals surface area contributed by atoms with Crippen molar-refractivity contribution in [3.05, 3.63) is 47.0 Å². The van der Waals surface area contributed by atoms with Crippen LogP contribution in [0.1, 0.15) is 5.56 Å². The lowest BCUT2D eigenvalue weighted by Crippen LogP contribution is -2.23. The molecule has 0 aliphatic heterocycles. The molecule has 0 atom stereocenters. The minimum absolute atomic E-state index is 0.0610. The Balaban J connectivity index is 1.57. The number of halogens is 1. The third-order valence-electron chi connectivity index (χ3n) is 4.37. The minimum atomic E-state index is -0.433. The molecule has 4 rings (SSSR count). The number of hydrogen-bond donors (Lipinski definition) is 3. The summed E-state index contributed by atoms with van der Waals surface area (Å²) in [4.78, 5) is 17.0. The number of amides is 1. The normalized spacial score (nSPS) is 11.3. The van der Waals surface area contributed by atoms with Crippen LogP contribution in [-0.4, -0.2) is 44.2 Å². The van der Waals surface area contributed by atoms with Crippen molar-refractivity contribution >= 4 is 40.6 Å². The Morgan fingerprint density at radius 2 is 2.19 bits per heavy atom. The summed E-state index contributed by atoms with van der Waals surface area (Å²) in [7, 11) is 1.41. The Kier molecular flexibility index (Phi) is 5.41. The molecule has 12 heteroatoms. The van der Waals surface area contributed by atoms with Gasteiger partial charge >= 0.3 is 0 Å². The molecular formula is C19H16ClN7O4. The van der Waals surface area contributed by atoms with Crippen molar-refractivity contribution in [2.45, 2.75) is 6.54 Å². The maximum Gasteiger partial charge on any atom is 0.260 e. The average Bonchev–Trinajstić information content (AvgIpc) is 3.33. The number of benzene rings is 2. The third-order valence-corrected chi connectivity index (χ3v) is 4.70. The SMILES string of the molecule is COc1cc(/C=N/NC(=O)Cn2c(-c3nonc3N)nc3ccccc32)c(Cl)cc1O. The second-order valence-electron chi connectivity index (χ2n) is 6.35. The highest BCUT2D eigenvalue weighted by molar-refractivity contribution is 6.33. The van der Waals surface area contributed by atoms with Gasteiger partial charge in [-0.3, -0.25) is 4.79 Å². The molecule has 0 unspecified atom stereocenters. The molecule has 4 aromatic rings. The number of methoxy groups -OCH3 is 1. The van der Waals surface area contributed by atoms with Gasteiger partial charge in [-0.1, -0.05) is 23.7 Å². The highest BCUT2D eigenvalue weighted by atomic mass is 35.5. The van der Waals surface area contributed by atoms with Gasteiger partial charge in [-0.05, 0) is 28.5 Å². The van der Waals surface area contributed by atoms with Gasteiger partial charge in [0, 0.05) is 11.6 Å². The van der Waals surface area contributed by atoms with E-state index in [0.717, 1.165) is 0 Å². The van der Waals surface area contributed by atoms with Gasteiger partial charge in [-0.15, -0.1) is 0 Å². The van der Waals surface area contributed by atoms with Crippen LogP contribution < -0.4 is 15.9 Å². The standard InChI is InChI=1S/C19H16ClN7O4/c1-30-15-6-10(11(20)7-14(15)28)8-22-24-16(29)9-27-13-5-3-2-4-12(13)23-19(27)17-18(21)26-31-25-17/h2-8,28H,9H2,1H3,(H2,21,26)(H,24,29)/b22-8+. The number of nitrogens with zero attached hydrogens (tertiary/aromatic N) is 5. The predicted octanol–water partition coefficient (Wildman–Crippen LogP) is 2.19. The lowest BCUT2D eigenvalue weighted by Gasteiger charge is -2.07. The fourth-order valence-corrected chi connectivity index (χ4v) is 3.15. The van der Waals surface area contributed by atoms with Crippen molar-refractivity contribution in [2.75, 3.05) is 12.8 Å². The number of carbonyl (C=O) groups excluding carboxylic acids is 1. The molecule has 158 valence electrons. The van der Waals surface area contributed by atoms with Gasteiger partial charge in [0.15, 0.2) is 28.8 Å². The third kappa shape index (κ3) is 3.98. The number of phenols is 1. The number of carbonyl (C=O) groups is 1. The maximum atomic E-state index is 12.6. The van der Waals surface area contributed by atoms with Gasteiger partial charge in [-0.25, -0.2) is 15.0 Å². The van der Waals surface area contributed by atoms with Gasteiger partial charge in [0.25, 0.3) is 5.91 Å². The molecule has 0 aliphatic rings. The lowest BCUT2D eigenvalue weighted by atomic mass is 10.2. The number of hydrogen-bond acceptors (Lipinski definition) is 9. The number of para-hydroxylation sites is 2. The summed E-state index contributed by atoms with van der Waals surface area (Å²) in [6.45, 7) is -0.119. The summed E-state index contributed by atoms with van der Waals surface area (Å²) in [6.07, 6.45) is 1.34. The quantitative estimate of drug-likeness (QED) is 0.304. The van der Waals surface area contributed by atoms with Gasteiger partial charge in [0.2, 0.25) is 0 Å². The Morgan fingerprint density at radius 1 is 1.39 bits per heavy atom. The van der Waals surface area contributed by atoms with Gasteiger partial charge in [0.1, 0.15) is 6.54 Å². The molecule has 0 bridgehead atoms. The van der Waals surface area contributed by atoms with E-state index in [4.69, 9.17) is 22.1 Å². The summed E-state index contributed by atoms with van der Waals surface area (Å²) in [5.74, 6) is 0.0918. The molecule has 0 spiro atoms. The van der Waals surface area contributed by atoms with E-state index in [1.807, 2.05) is 18.2 Å². The van der Waals surface area contributed by atoms with Gasteiger partial charge < -0.3 is 20.1 Å². The van der Waals surface area contributed by atoms with Crippen molar-refractivity contribution in [3.63, 3.8) is 0 Å². The number of aromatic hydroxyl groups is 1. The fraction of sp³-hybridized carbons (Fsp3) is 0.105. The first kappa shape index (κ1) is 20.2. The zero-order valence-corrected chi connectivity index (χ0v) is 16.9. The van der Waals surface area contributed by atoms with Crippen LogP contribution in [0.2, 0.25) is 5.02 Å². The van der Waals surface area contributed by atoms with Crippen molar-refractivity contribution in [1.29, 1.82) is 0 Å². The van der Waals surface area contributed by atoms with E-state index in [1.165, 1.54) is 25.5 Å². The van der Waals surface area contributed by atoms with Crippen LogP contribution >= 0.6 is 11.6 Å². The molecular weight excluding hydrogens is 426 g/mol. The van der Waals surface area contributed by atoms with Crippen LogP contribution in [0.3, 0.4) is 0 Å². The van der Waals surface area contributed by atoms with E-state index < -0.39 is 5.91 Å². The summed E-state index contributed by atoms with van der Waals surface area (Å²) in [5.41, 5.74) is 10.3. The molecule has 2 aromatic carbocycles. The van der Waals surface area contributed by atoms with Crippen LogP contribution in [-0.2, 0) is 11.3 Å². The second-order valence-corrected chi connectivity index (χ2v) is 6.75. The van der Waals surface area contributed by atoms with Crippen molar-refractivity contribution in [2.24, 2.45) is 5.10 Å². The first-order valence-electron chi connectivity index (χ1n) is 8.90. The molecule has 11 nitrogen and oxygen atoms in total. The van der Waals surface area contributed by atoms with Crippen molar-refractivity contribution in [1.82, 2.24) is 25.3 Å². The van der Waals surface area contributed by atoms with Crippen LogP contribution in [0.4, 0.5) is 5.82 Å². The zero-order valence-electron chi connectivity index (χ0n) is 16.1. The van der Waals surface area contributed by atoms with E-state index in [0.29, 0.717) is 22.4 Å². The van der Waals surface area contributed by atoms with Crippen LogP contribution in [0.15, 0.2) is 46.1 Å². The van der Waals surface area contributed by atoms with E-state index in [-0.39, 0.29) is 34.6 Å². The summed E-state index contributed by atoms with van der Waals surface area (Å²) >= 11 is 6.08. The molecule has 1 amide bonds. The molecule has 0 saturated carbocycles. The number of aromatic nitrogens is 4. The number of nitrogens with two attached hydrogens (primary N) is 1. The minimum Gasteiger partial charge on any atom is -0.504 e. The Hall–Kier alpha value is -4.12. The number of phenolic OH excluding ortho intramolecular Hbond substituents is 1. The summed E-state index contributed by atoms with van der Waals surface area (Å²) < 4.78 is 11.3. The average molecular weight is 442 g/mol. The monoisotopic (exact) mass is 441 g/mol.